The van der Waals surface area contributed by atoms with Gasteiger partial charge in [0.2, 0.25) is 0 Å². The highest BCUT2D eigenvalue weighted by atomic mass is 32.1. The van der Waals surface area contributed by atoms with Crippen molar-refractivity contribution in [2.24, 2.45) is 4.99 Å². The maximum absolute atomic E-state index is 5.72. The third-order valence-corrected chi connectivity index (χ3v) is 5.10. The second-order valence-electron chi connectivity index (χ2n) is 6.92. The van der Waals surface area contributed by atoms with Gasteiger partial charge in [0.1, 0.15) is 13.2 Å². The molecule has 0 bridgehead atoms. The van der Waals surface area contributed by atoms with Gasteiger partial charge >= 0.3 is 0 Å². The molecule has 2 heterocycles. The molecule has 1 aromatic carbocycles. The van der Waals surface area contributed by atoms with Crippen LogP contribution in [0.3, 0.4) is 0 Å². The van der Waals surface area contributed by atoms with Gasteiger partial charge in [0, 0.05) is 18.5 Å². The van der Waals surface area contributed by atoms with E-state index in [4.69, 9.17) is 9.47 Å². The van der Waals surface area contributed by atoms with Gasteiger partial charge in [-0.2, -0.15) is 11.3 Å². The number of aliphatic imine (C=N–C) groups is 1. The van der Waals surface area contributed by atoms with E-state index in [9.17, 15) is 0 Å². The largest absolute Gasteiger partial charge is 0.486 e. The van der Waals surface area contributed by atoms with Gasteiger partial charge in [-0.05, 0) is 47.0 Å². The van der Waals surface area contributed by atoms with Gasteiger partial charge < -0.3 is 20.1 Å². The van der Waals surface area contributed by atoms with E-state index in [1.807, 2.05) is 6.07 Å². The first-order valence-corrected chi connectivity index (χ1v) is 9.96. The molecule has 0 spiro atoms. The van der Waals surface area contributed by atoms with E-state index in [0.29, 0.717) is 19.8 Å². The van der Waals surface area contributed by atoms with Crippen LogP contribution in [-0.4, -0.2) is 32.3 Å². The molecule has 0 unspecified atom stereocenters. The monoisotopic (exact) mass is 373 g/mol. The Morgan fingerprint density at radius 3 is 2.69 bits per heavy atom. The van der Waals surface area contributed by atoms with Crippen molar-refractivity contribution < 1.29 is 9.47 Å². The highest BCUT2D eigenvalue weighted by molar-refractivity contribution is 7.07. The molecule has 2 N–H and O–H groups in total. The molecule has 140 valence electrons. The van der Waals surface area contributed by atoms with Gasteiger partial charge in [0.25, 0.3) is 0 Å². The van der Waals surface area contributed by atoms with Crippen LogP contribution >= 0.6 is 11.3 Å². The van der Waals surface area contributed by atoms with Crippen LogP contribution in [0.2, 0.25) is 0 Å². The van der Waals surface area contributed by atoms with Gasteiger partial charge in [0.05, 0.1) is 6.54 Å². The Kier molecular flexibility index (Phi) is 6.04. The summed E-state index contributed by atoms with van der Waals surface area (Å²) < 4.78 is 11.3. The predicted molar refractivity (Wildman–Crippen MR) is 108 cm³/mol. The molecule has 1 aliphatic heterocycles. The first-order chi connectivity index (χ1) is 12.6. The fraction of sp³-hybridized carbons (Fsp3) is 0.450. The number of guanidine groups is 1. The molecule has 0 atom stereocenters. The van der Waals surface area contributed by atoms with E-state index in [1.165, 1.54) is 11.1 Å². The summed E-state index contributed by atoms with van der Waals surface area (Å²) in [5, 5.41) is 11.0. The van der Waals surface area contributed by atoms with E-state index >= 15 is 0 Å². The zero-order chi connectivity index (χ0) is 18.4. The Labute approximate surface area is 159 Å². The standard InChI is InChI=1S/C20H27N3O2S/c1-4-21-19(22-12-15-7-10-26-13-15)23-14-20(2,3)16-5-6-17-18(11-16)25-9-8-24-17/h5-7,10-11,13H,4,8-9,12,14H2,1-3H3,(H2,21,22,23). The van der Waals surface area contributed by atoms with Crippen LogP contribution in [-0.2, 0) is 12.0 Å². The summed E-state index contributed by atoms with van der Waals surface area (Å²) in [6.07, 6.45) is 0. The minimum Gasteiger partial charge on any atom is -0.486 e. The minimum absolute atomic E-state index is 0.0750. The Morgan fingerprint density at radius 1 is 1.15 bits per heavy atom. The highest BCUT2D eigenvalue weighted by Crippen LogP contribution is 2.34. The molecular weight excluding hydrogens is 346 g/mol. The summed E-state index contributed by atoms with van der Waals surface area (Å²) in [6.45, 7) is 10.0. The lowest BCUT2D eigenvalue weighted by Crippen LogP contribution is -2.43. The number of rotatable bonds is 6. The first kappa shape index (κ1) is 18.6. The summed E-state index contributed by atoms with van der Waals surface area (Å²) in [6, 6.07) is 8.31. The quantitative estimate of drug-likeness (QED) is 0.601. The van der Waals surface area contributed by atoms with E-state index in [-0.39, 0.29) is 5.41 Å². The minimum atomic E-state index is -0.0750. The van der Waals surface area contributed by atoms with Crippen molar-refractivity contribution in [2.45, 2.75) is 32.7 Å². The number of nitrogens with zero attached hydrogens (tertiary/aromatic N) is 1. The molecule has 0 amide bonds. The van der Waals surface area contributed by atoms with E-state index in [1.54, 1.807) is 11.3 Å². The highest BCUT2D eigenvalue weighted by Gasteiger charge is 2.23. The molecule has 3 rings (SSSR count). The van der Waals surface area contributed by atoms with Gasteiger partial charge in [-0.3, -0.25) is 0 Å². The van der Waals surface area contributed by atoms with Crippen molar-refractivity contribution in [3.63, 3.8) is 0 Å². The van der Waals surface area contributed by atoms with Crippen LogP contribution in [0.5, 0.6) is 11.5 Å². The van der Waals surface area contributed by atoms with E-state index in [0.717, 1.165) is 30.5 Å². The third kappa shape index (κ3) is 4.69. The lowest BCUT2D eigenvalue weighted by Gasteiger charge is -2.28. The zero-order valence-corrected chi connectivity index (χ0v) is 16.5. The second-order valence-corrected chi connectivity index (χ2v) is 7.70. The Morgan fingerprint density at radius 2 is 1.96 bits per heavy atom. The molecule has 1 aromatic heterocycles. The van der Waals surface area contributed by atoms with Crippen LogP contribution in [0.15, 0.2) is 40.0 Å². The molecule has 26 heavy (non-hydrogen) atoms. The first-order valence-electron chi connectivity index (χ1n) is 9.02. The predicted octanol–water partition coefficient (Wildman–Crippen LogP) is 3.55. The van der Waals surface area contributed by atoms with Gasteiger partial charge in [-0.25, -0.2) is 4.99 Å². The van der Waals surface area contributed by atoms with Gasteiger partial charge in [0.15, 0.2) is 17.5 Å². The number of fused-ring (bicyclic) bond motifs is 1. The van der Waals surface area contributed by atoms with Crippen molar-refractivity contribution in [3.8, 4) is 11.5 Å². The lowest BCUT2D eigenvalue weighted by molar-refractivity contribution is 0.171. The SMILES string of the molecule is CCNC(=NCc1ccsc1)NCC(C)(C)c1ccc2c(c1)OCCO2. The van der Waals surface area contributed by atoms with E-state index < -0.39 is 0 Å². The molecule has 2 aromatic rings. The molecule has 0 fully saturated rings. The van der Waals surface area contributed by atoms with Crippen LogP contribution in [0.4, 0.5) is 0 Å². The van der Waals surface area contributed by atoms with Crippen LogP contribution in [0, 0.1) is 0 Å². The van der Waals surface area contributed by atoms with Crippen molar-refractivity contribution >= 4 is 17.3 Å². The maximum Gasteiger partial charge on any atom is 0.191 e. The number of nitrogens with one attached hydrogen (secondary N) is 2. The van der Waals surface area contributed by atoms with Crippen LogP contribution in [0.25, 0.3) is 0 Å². The summed E-state index contributed by atoms with van der Waals surface area (Å²) in [7, 11) is 0. The van der Waals surface area contributed by atoms with Crippen molar-refractivity contribution in [2.75, 3.05) is 26.3 Å². The zero-order valence-electron chi connectivity index (χ0n) is 15.7. The lowest BCUT2D eigenvalue weighted by atomic mass is 9.84. The smallest absolute Gasteiger partial charge is 0.191 e. The second kappa shape index (κ2) is 8.45. The molecule has 5 nitrogen and oxygen atoms in total. The number of ether oxygens (including phenoxy) is 2. The fourth-order valence-corrected chi connectivity index (χ4v) is 3.43. The fourth-order valence-electron chi connectivity index (χ4n) is 2.77. The normalized spacial score (nSPS) is 14.2. The molecule has 0 radical (unpaired) electrons. The van der Waals surface area contributed by atoms with Gasteiger partial charge in [-0.1, -0.05) is 19.9 Å². The number of hydrogen-bond acceptors (Lipinski definition) is 4. The Hall–Kier alpha value is -2.21. The molecule has 0 aliphatic carbocycles. The molecular formula is C20H27N3O2S. The summed E-state index contributed by atoms with van der Waals surface area (Å²) >= 11 is 1.70. The third-order valence-electron chi connectivity index (χ3n) is 4.37. The summed E-state index contributed by atoms with van der Waals surface area (Å²) in [5.74, 6) is 2.50. The molecule has 1 aliphatic rings. The molecule has 6 heteroatoms. The average molecular weight is 374 g/mol. The molecule has 0 saturated heterocycles. The maximum atomic E-state index is 5.72. The Balaban J connectivity index is 1.66. The number of thiophene rings is 1. The van der Waals surface area contributed by atoms with Crippen molar-refractivity contribution in [3.05, 3.63) is 46.2 Å². The summed E-state index contributed by atoms with van der Waals surface area (Å²) in [5.41, 5.74) is 2.37. The Bertz CT molecular complexity index is 742. The van der Waals surface area contributed by atoms with Crippen molar-refractivity contribution in [1.82, 2.24) is 10.6 Å². The van der Waals surface area contributed by atoms with Crippen LogP contribution < -0.4 is 20.1 Å². The summed E-state index contributed by atoms with van der Waals surface area (Å²) in [4.78, 5) is 4.68. The molecule has 0 saturated carbocycles. The van der Waals surface area contributed by atoms with Gasteiger partial charge in [-0.15, -0.1) is 0 Å². The number of benzene rings is 1. The number of hydrogen-bond donors (Lipinski definition) is 2. The van der Waals surface area contributed by atoms with Crippen LogP contribution in [0.1, 0.15) is 31.9 Å². The average Bonchev–Trinajstić information content (AvgIpc) is 3.17. The van der Waals surface area contributed by atoms with Crippen molar-refractivity contribution in [1.29, 1.82) is 0 Å². The van der Waals surface area contributed by atoms with E-state index in [2.05, 4.69) is 65.4 Å². The topological polar surface area (TPSA) is 54.9 Å².